The Morgan fingerprint density at radius 3 is 2.79 bits per heavy atom. The van der Waals surface area contributed by atoms with Gasteiger partial charge >= 0.3 is 0 Å². The minimum atomic E-state index is 0.641. The number of anilines is 2. The number of morpholine rings is 1. The van der Waals surface area contributed by atoms with Crippen molar-refractivity contribution in [3.63, 3.8) is 0 Å². The van der Waals surface area contributed by atoms with Gasteiger partial charge in [0.1, 0.15) is 0 Å². The number of ether oxygens (including phenoxy) is 1. The normalized spacial score (nSPS) is 24.9. The van der Waals surface area contributed by atoms with Crippen molar-refractivity contribution in [3.8, 4) is 0 Å². The maximum absolute atomic E-state index is 6.10. The lowest BCUT2D eigenvalue weighted by molar-refractivity contribution is 0.0209. The van der Waals surface area contributed by atoms with Crippen molar-refractivity contribution in [2.45, 2.75) is 12.5 Å². The third-order valence-electron chi connectivity index (χ3n) is 4.06. The van der Waals surface area contributed by atoms with Gasteiger partial charge in [0.05, 0.1) is 24.6 Å². The highest BCUT2D eigenvalue weighted by molar-refractivity contribution is 9.10. The monoisotopic (exact) mass is 325 g/mol. The van der Waals surface area contributed by atoms with Gasteiger partial charge in [-0.05, 0) is 24.6 Å². The van der Waals surface area contributed by atoms with Gasteiger partial charge in [0.25, 0.3) is 0 Å². The topological polar surface area (TPSA) is 41.7 Å². The highest BCUT2D eigenvalue weighted by Crippen LogP contribution is 2.31. The van der Waals surface area contributed by atoms with Crippen LogP contribution >= 0.6 is 15.9 Å². The second-order valence-corrected chi connectivity index (χ2v) is 6.16. The van der Waals surface area contributed by atoms with E-state index in [4.69, 9.17) is 10.5 Å². The van der Waals surface area contributed by atoms with Gasteiger partial charge in [-0.2, -0.15) is 0 Å². The highest BCUT2D eigenvalue weighted by Gasteiger charge is 2.29. The van der Waals surface area contributed by atoms with E-state index in [1.165, 1.54) is 6.42 Å². The van der Waals surface area contributed by atoms with E-state index in [1.807, 2.05) is 12.1 Å². The maximum Gasteiger partial charge on any atom is 0.0611 e. The van der Waals surface area contributed by atoms with Crippen LogP contribution in [0.4, 0.5) is 11.4 Å². The molecule has 1 aromatic carbocycles. The molecule has 3 rings (SSSR count). The van der Waals surface area contributed by atoms with Gasteiger partial charge in [-0.25, -0.2) is 0 Å². The summed E-state index contributed by atoms with van der Waals surface area (Å²) in [5.74, 6) is 0. The zero-order valence-electron chi connectivity index (χ0n) is 11.0. The summed E-state index contributed by atoms with van der Waals surface area (Å²) in [6, 6.07) is 6.73. The van der Waals surface area contributed by atoms with Crippen molar-refractivity contribution in [2.75, 3.05) is 50.0 Å². The predicted molar refractivity (Wildman–Crippen MR) is 81.6 cm³/mol. The summed E-state index contributed by atoms with van der Waals surface area (Å²) in [6.07, 6.45) is 1.21. The summed E-state index contributed by atoms with van der Waals surface area (Å²) >= 11 is 3.53. The number of halogens is 1. The molecule has 2 aliphatic rings. The average Bonchev–Trinajstić information content (AvgIpc) is 2.92. The van der Waals surface area contributed by atoms with E-state index in [2.05, 4.69) is 31.8 Å². The van der Waals surface area contributed by atoms with Gasteiger partial charge in [-0.1, -0.05) is 15.9 Å². The first-order valence-electron chi connectivity index (χ1n) is 6.86. The van der Waals surface area contributed by atoms with Gasteiger partial charge in [-0.15, -0.1) is 0 Å². The van der Waals surface area contributed by atoms with E-state index in [1.54, 1.807) is 0 Å². The average molecular weight is 326 g/mol. The number of hydrogen-bond acceptors (Lipinski definition) is 4. The van der Waals surface area contributed by atoms with Crippen molar-refractivity contribution < 1.29 is 4.74 Å². The molecule has 1 unspecified atom stereocenters. The van der Waals surface area contributed by atoms with Gasteiger partial charge in [0.15, 0.2) is 0 Å². The van der Waals surface area contributed by atoms with Gasteiger partial charge in [0.2, 0.25) is 0 Å². The quantitative estimate of drug-likeness (QED) is 0.844. The predicted octanol–water partition coefficient (Wildman–Crippen LogP) is 1.94. The Morgan fingerprint density at radius 2 is 2.00 bits per heavy atom. The van der Waals surface area contributed by atoms with Crippen LogP contribution in [0.2, 0.25) is 0 Å². The molecule has 0 spiro atoms. The maximum atomic E-state index is 6.10. The first kappa shape index (κ1) is 13.2. The van der Waals surface area contributed by atoms with Gasteiger partial charge in [0, 0.05) is 36.7 Å². The number of rotatable bonds is 2. The van der Waals surface area contributed by atoms with Crippen molar-refractivity contribution in [1.82, 2.24) is 4.90 Å². The lowest BCUT2D eigenvalue weighted by Crippen LogP contribution is -2.44. The van der Waals surface area contributed by atoms with Crippen LogP contribution < -0.4 is 10.6 Å². The molecule has 1 aromatic rings. The summed E-state index contributed by atoms with van der Waals surface area (Å²) in [5, 5.41) is 0. The van der Waals surface area contributed by atoms with Crippen molar-refractivity contribution >= 4 is 27.3 Å². The zero-order chi connectivity index (χ0) is 13.2. The molecule has 104 valence electrons. The Hall–Kier alpha value is -0.780. The second-order valence-electron chi connectivity index (χ2n) is 5.24. The van der Waals surface area contributed by atoms with Crippen LogP contribution in [0.3, 0.4) is 0 Å². The number of hydrogen-bond donors (Lipinski definition) is 1. The molecule has 0 aliphatic carbocycles. The smallest absolute Gasteiger partial charge is 0.0611 e. The largest absolute Gasteiger partial charge is 0.397 e. The fourth-order valence-electron chi connectivity index (χ4n) is 2.99. The number of nitrogen functional groups attached to an aromatic ring is 1. The van der Waals surface area contributed by atoms with E-state index in [9.17, 15) is 0 Å². The first-order chi connectivity index (χ1) is 9.24. The Kier molecular flexibility index (Phi) is 3.96. The van der Waals surface area contributed by atoms with Crippen LogP contribution in [0.15, 0.2) is 22.7 Å². The Labute approximate surface area is 122 Å². The number of benzene rings is 1. The Balaban J connectivity index is 1.69. The standard InChI is InChI=1S/C14H20BrN3O/c15-11-1-2-13(16)14(9-11)18-4-3-12(10-18)17-5-7-19-8-6-17/h1-2,9,12H,3-8,10,16H2. The lowest BCUT2D eigenvalue weighted by Gasteiger charge is -2.32. The van der Waals surface area contributed by atoms with Crippen molar-refractivity contribution in [3.05, 3.63) is 22.7 Å². The fourth-order valence-corrected chi connectivity index (χ4v) is 3.34. The van der Waals surface area contributed by atoms with Crippen LogP contribution in [0, 0.1) is 0 Å². The van der Waals surface area contributed by atoms with Crippen molar-refractivity contribution in [1.29, 1.82) is 0 Å². The minimum absolute atomic E-state index is 0.641. The van der Waals surface area contributed by atoms with Gasteiger partial charge < -0.3 is 15.4 Å². The molecule has 2 saturated heterocycles. The van der Waals surface area contributed by atoms with E-state index in [-0.39, 0.29) is 0 Å². The first-order valence-corrected chi connectivity index (χ1v) is 7.65. The molecule has 19 heavy (non-hydrogen) atoms. The van der Waals surface area contributed by atoms with Gasteiger partial charge in [-0.3, -0.25) is 4.90 Å². The van der Waals surface area contributed by atoms with Crippen LogP contribution in [0.5, 0.6) is 0 Å². The molecular weight excluding hydrogens is 306 g/mol. The van der Waals surface area contributed by atoms with Crippen LogP contribution in [-0.2, 0) is 4.74 Å². The molecule has 2 fully saturated rings. The molecule has 2 aliphatic heterocycles. The Bertz CT molecular complexity index is 448. The summed E-state index contributed by atoms with van der Waals surface area (Å²) in [5.41, 5.74) is 8.12. The molecule has 0 aromatic heterocycles. The summed E-state index contributed by atoms with van der Waals surface area (Å²) in [6.45, 7) is 6.02. The van der Waals surface area contributed by atoms with E-state index < -0.39 is 0 Å². The van der Waals surface area contributed by atoms with Crippen LogP contribution in [-0.4, -0.2) is 50.3 Å². The summed E-state index contributed by atoms with van der Waals surface area (Å²) in [4.78, 5) is 4.96. The van der Waals surface area contributed by atoms with E-state index in [0.717, 1.165) is 55.2 Å². The summed E-state index contributed by atoms with van der Waals surface area (Å²) < 4.78 is 6.51. The van der Waals surface area contributed by atoms with Crippen LogP contribution in [0.25, 0.3) is 0 Å². The summed E-state index contributed by atoms with van der Waals surface area (Å²) in [7, 11) is 0. The van der Waals surface area contributed by atoms with Crippen molar-refractivity contribution in [2.24, 2.45) is 0 Å². The molecular formula is C14H20BrN3O. The molecule has 5 heteroatoms. The fraction of sp³-hybridized carbons (Fsp3) is 0.571. The molecule has 1 atom stereocenters. The third kappa shape index (κ3) is 2.88. The van der Waals surface area contributed by atoms with E-state index in [0.29, 0.717) is 6.04 Å². The molecule has 0 amide bonds. The zero-order valence-corrected chi connectivity index (χ0v) is 12.6. The molecule has 2 heterocycles. The molecule has 0 saturated carbocycles. The highest BCUT2D eigenvalue weighted by atomic mass is 79.9. The molecule has 2 N–H and O–H groups in total. The lowest BCUT2D eigenvalue weighted by atomic mass is 10.2. The second kappa shape index (κ2) is 5.69. The molecule has 0 bridgehead atoms. The Morgan fingerprint density at radius 1 is 1.21 bits per heavy atom. The SMILES string of the molecule is Nc1ccc(Br)cc1N1CCC(N2CCOCC2)C1. The molecule has 0 radical (unpaired) electrons. The number of nitrogens with two attached hydrogens (primary N) is 1. The molecule has 4 nitrogen and oxygen atoms in total. The third-order valence-corrected chi connectivity index (χ3v) is 4.55. The van der Waals surface area contributed by atoms with Crippen LogP contribution in [0.1, 0.15) is 6.42 Å². The number of nitrogens with zero attached hydrogens (tertiary/aromatic N) is 2. The van der Waals surface area contributed by atoms with E-state index >= 15 is 0 Å². The minimum Gasteiger partial charge on any atom is -0.397 e.